The van der Waals surface area contributed by atoms with E-state index in [4.69, 9.17) is 22.1 Å². The van der Waals surface area contributed by atoms with E-state index in [1.165, 1.54) is 24.0 Å². The lowest BCUT2D eigenvalue weighted by molar-refractivity contribution is 0.183. The third-order valence-electron chi connectivity index (χ3n) is 3.56. The molecule has 0 aliphatic heterocycles. The van der Waals surface area contributed by atoms with E-state index >= 15 is 0 Å². The van der Waals surface area contributed by atoms with E-state index in [-0.39, 0.29) is 11.5 Å². The monoisotopic (exact) mass is 239 g/mol. The van der Waals surface area contributed by atoms with Crippen LogP contribution in [0, 0.1) is 0 Å². The first-order valence-corrected chi connectivity index (χ1v) is 6.01. The molecule has 1 fully saturated rings. The second-order valence-corrected chi connectivity index (χ2v) is 5.12. The van der Waals surface area contributed by atoms with Crippen molar-refractivity contribution in [3.63, 3.8) is 0 Å². The van der Waals surface area contributed by atoms with E-state index in [1.54, 1.807) is 7.11 Å². The van der Waals surface area contributed by atoms with E-state index in [2.05, 4.69) is 13.0 Å². The Morgan fingerprint density at radius 1 is 1.50 bits per heavy atom. The summed E-state index contributed by atoms with van der Waals surface area (Å²) < 4.78 is 5.23. The van der Waals surface area contributed by atoms with Gasteiger partial charge >= 0.3 is 0 Å². The van der Waals surface area contributed by atoms with Gasteiger partial charge in [0.1, 0.15) is 0 Å². The summed E-state index contributed by atoms with van der Waals surface area (Å²) in [5.74, 6) is 0. The Hall–Kier alpha value is -0.570. The molecule has 0 bridgehead atoms. The quantitative estimate of drug-likeness (QED) is 0.877. The van der Waals surface area contributed by atoms with Gasteiger partial charge in [-0.25, -0.2) is 0 Å². The summed E-state index contributed by atoms with van der Waals surface area (Å²) in [6.07, 6.45) is 2.34. The molecule has 0 radical (unpaired) electrons. The molecular formula is C13H18ClNO. The minimum atomic E-state index is 0.165. The van der Waals surface area contributed by atoms with E-state index in [1.807, 2.05) is 12.1 Å². The fourth-order valence-electron chi connectivity index (χ4n) is 2.43. The number of hydrogen-bond donors (Lipinski definition) is 1. The minimum absolute atomic E-state index is 0.165. The standard InChI is InChI=1S/C13H18ClNO/c1-9(15)13(5-6-13)12-4-3-11(14)7-10(12)8-16-2/h3-4,7,9H,5-6,8,15H2,1-2H3. The molecule has 2 rings (SSSR count). The molecule has 2 nitrogen and oxygen atoms in total. The molecule has 1 aromatic carbocycles. The predicted octanol–water partition coefficient (Wildman–Crippen LogP) is 2.87. The molecule has 1 atom stereocenters. The first-order valence-electron chi connectivity index (χ1n) is 5.63. The second kappa shape index (κ2) is 4.36. The maximum absolute atomic E-state index is 6.09. The van der Waals surface area contributed by atoms with Crippen molar-refractivity contribution in [1.29, 1.82) is 0 Å². The van der Waals surface area contributed by atoms with E-state index in [0.717, 1.165) is 5.02 Å². The lowest BCUT2D eigenvalue weighted by atomic mass is 9.86. The van der Waals surface area contributed by atoms with Crippen LogP contribution < -0.4 is 5.73 Å². The van der Waals surface area contributed by atoms with Crippen molar-refractivity contribution < 1.29 is 4.74 Å². The molecular weight excluding hydrogens is 222 g/mol. The highest BCUT2D eigenvalue weighted by Gasteiger charge is 2.48. The molecule has 0 heterocycles. The molecule has 16 heavy (non-hydrogen) atoms. The maximum Gasteiger partial charge on any atom is 0.0716 e. The van der Waals surface area contributed by atoms with Crippen molar-refractivity contribution in [2.24, 2.45) is 5.73 Å². The van der Waals surface area contributed by atoms with Crippen molar-refractivity contribution >= 4 is 11.6 Å². The van der Waals surface area contributed by atoms with Gasteiger partial charge in [-0.05, 0) is 43.0 Å². The number of rotatable bonds is 4. The van der Waals surface area contributed by atoms with Gasteiger partial charge in [-0.3, -0.25) is 0 Å². The number of ether oxygens (including phenoxy) is 1. The molecule has 1 unspecified atom stereocenters. The largest absolute Gasteiger partial charge is 0.380 e. The van der Waals surface area contributed by atoms with Crippen LogP contribution in [0.5, 0.6) is 0 Å². The van der Waals surface area contributed by atoms with Crippen LogP contribution in [0.3, 0.4) is 0 Å². The average molecular weight is 240 g/mol. The van der Waals surface area contributed by atoms with Crippen molar-refractivity contribution in [2.45, 2.75) is 37.8 Å². The van der Waals surface area contributed by atoms with Gasteiger partial charge in [0.05, 0.1) is 6.61 Å². The van der Waals surface area contributed by atoms with Crippen LogP contribution in [0.1, 0.15) is 30.9 Å². The molecule has 0 saturated heterocycles. The highest BCUT2D eigenvalue weighted by molar-refractivity contribution is 6.30. The Balaban J connectivity index is 2.40. The molecule has 0 amide bonds. The van der Waals surface area contributed by atoms with Crippen LogP contribution in [-0.4, -0.2) is 13.2 Å². The second-order valence-electron chi connectivity index (χ2n) is 4.68. The molecule has 3 heteroatoms. The van der Waals surface area contributed by atoms with Crippen molar-refractivity contribution in [2.75, 3.05) is 7.11 Å². The summed E-state index contributed by atoms with van der Waals surface area (Å²) in [5, 5.41) is 0.760. The lowest BCUT2D eigenvalue weighted by Gasteiger charge is -2.23. The third kappa shape index (κ3) is 1.97. The van der Waals surface area contributed by atoms with E-state index in [0.29, 0.717) is 6.61 Å². The first-order chi connectivity index (χ1) is 7.60. The Labute approximate surface area is 102 Å². The van der Waals surface area contributed by atoms with Gasteiger partial charge < -0.3 is 10.5 Å². The topological polar surface area (TPSA) is 35.2 Å². The molecule has 1 aromatic rings. The number of methoxy groups -OCH3 is 1. The summed E-state index contributed by atoms with van der Waals surface area (Å²) in [4.78, 5) is 0. The normalized spacial score (nSPS) is 19.5. The zero-order chi connectivity index (χ0) is 11.8. The number of nitrogens with two attached hydrogens (primary N) is 1. The zero-order valence-corrected chi connectivity index (χ0v) is 10.6. The Bertz CT molecular complexity index is 386. The van der Waals surface area contributed by atoms with Crippen molar-refractivity contribution in [1.82, 2.24) is 0 Å². The van der Waals surface area contributed by atoms with Gasteiger partial charge in [0, 0.05) is 23.6 Å². The summed E-state index contributed by atoms with van der Waals surface area (Å²) in [7, 11) is 1.70. The summed E-state index contributed by atoms with van der Waals surface area (Å²) >= 11 is 6.02. The number of benzene rings is 1. The fraction of sp³-hybridized carbons (Fsp3) is 0.538. The molecule has 1 aliphatic carbocycles. The SMILES string of the molecule is COCc1cc(Cl)ccc1C1(C(C)N)CC1. The first kappa shape index (κ1) is 11.9. The summed E-state index contributed by atoms with van der Waals surface area (Å²) in [6, 6.07) is 6.22. The highest BCUT2D eigenvalue weighted by Crippen LogP contribution is 2.51. The van der Waals surface area contributed by atoms with Gasteiger partial charge in [0.2, 0.25) is 0 Å². The van der Waals surface area contributed by atoms with Crippen LogP contribution in [-0.2, 0) is 16.8 Å². The average Bonchev–Trinajstić information content (AvgIpc) is 2.99. The zero-order valence-electron chi connectivity index (χ0n) is 9.79. The molecule has 1 saturated carbocycles. The molecule has 0 aromatic heterocycles. The smallest absolute Gasteiger partial charge is 0.0716 e. The van der Waals surface area contributed by atoms with Gasteiger partial charge in [-0.2, -0.15) is 0 Å². The maximum atomic E-state index is 6.09. The van der Waals surface area contributed by atoms with Gasteiger partial charge in [0.15, 0.2) is 0 Å². The highest BCUT2D eigenvalue weighted by atomic mass is 35.5. The van der Waals surface area contributed by atoms with Crippen LogP contribution in [0.4, 0.5) is 0 Å². The lowest BCUT2D eigenvalue weighted by Crippen LogP contribution is -2.32. The van der Waals surface area contributed by atoms with Crippen LogP contribution in [0.25, 0.3) is 0 Å². The van der Waals surface area contributed by atoms with E-state index < -0.39 is 0 Å². The summed E-state index contributed by atoms with van der Waals surface area (Å²) in [5.41, 5.74) is 8.74. The van der Waals surface area contributed by atoms with Gasteiger partial charge in [-0.1, -0.05) is 17.7 Å². The molecule has 88 valence electrons. The molecule has 2 N–H and O–H groups in total. The molecule has 0 spiro atoms. The fourth-order valence-corrected chi connectivity index (χ4v) is 2.62. The molecule has 1 aliphatic rings. The Morgan fingerprint density at radius 2 is 2.19 bits per heavy atom. The predicted molar refractivity (Wildman–Crippen MR) is 66.7 cm³/mol. The van der Waals surface area contributed by atoms with Crippen LogP contribution in [0.2, 0.25) is 5.02 Å². The Morgan fingerprint density at radius 3 is 2.69 bits per heavy atom. The van der Waals surface area contributed by atoms with Gasteiger partial charge in [0.25, 0.3) is 0 Å². The van der Waals surface area contributed by atoms with Crippen molar-refractivity contribution in [3.8, 4) is 0 Å². The van der Waals surface area contributed by atoms with Gasteiger partial charge in [-0.15, -0.1) is 0 Å². The minimum Gasteiger partial charge on any atom is -0.380 e. The van der Waals surface area contributed by atoms with Crippen LogP contribution >= 0.6 is 11.6 Å². The Kier molecular flexibility index (Phi) is 3.24. The third-order valence-corrected chi connectivity index (χ3v) is 3.80. The van der Waals surface area contributed by atoms with Crippen molar-refractivity contribution in [3.05, 3.63) is 34.3 Å². The van der Waals surface area contributed by atoms with Crippen LogP contribution in [0.15, 0.2) is 18.2 Å². The van der Waals surface area contributed by atoms with E-state index in [9.17, 15) is 0 Å². The number of halogens is 1. The number of hydrogen-bond acceptors (Lipinski definition) is 2. The summed E-state index contributed by atoms with van der Waals surface area (Å²) in [6.45, 7) is 2.68.